The van der Waals surface area contributed by atoms with Gasteiger partial charge in [-0.15, -0.1) is 0 Å². The lowest BCUT2D eigenvalue weighted by atomic mass is 9.89. The van der Waals surface area contributed by atoms with Crippen LogP contribution in [0.2, 0.25) is 0 Å². The predicted molar refractivity (Wildman–Crippen MR) is 108 cm³/mol. The number of rotatable bonds is 4. The van der Waals surface area contributed by atoms with E-state index >= 15 is 0 Å². The summed E-state index contributed by atoms with van der Waals surface area (Å²) in [7, 11) is 1.74. The zero-order valence-electron chi connectivity index (χ0n) is 16.5. The first-order valence-electron chi connectivity index (χ1n) is 9.87. The number of ether oxygens (including phenoxy) is 1. The normalized spacial score (nSPS) is 24.7. The average Bonchev–Trinajstić information content (AvgIpc) is 2.91. The molecule has 0 aromatic heterocycles. The van der Waals surface area contributed by atoms with Gasteiger partial charge in [-0.2, -0.15) is 0 Å². The van der Waals surface area contributed by atoms with Crippen LogP contribution in [0.25, 0.3) is 0 Å². The van der Waals surface area contributed by atoms with Gasteiger partial charge in [-0.25, -0.2) is 4.39 Å². The van der Waals surface area contributed by atoms with Crippen molar-refractivity contribution in [1.29, 1.82) is 0 Å². The Bertz CT molecular complexity index is 806. The Morgan fingerprint density at radius 1 is 1.15 bits per heavy atom. The van der Waals surface area contributed by atoms with E-state index in [1.165, 1.54) is 11.6 Å². The summed E-state index contributed by atoms with van der Waals surface area (Å²) in [6, 6.07) is 15.9. The van der Waals surface area contributed by atoms with Crippen LogP contribution in [-0.4, -0.2) is 36.7 Å². The van der Waals surface area contributed by atoms with Crippen molar-refractivity contribution in [3.05, 3.63) is 59.9 Å². The molecular formula is C23H29FN2O. The van der Waals surface area contributed by atoms with Crippen LogP contribution < -0.4 is 9.64 Å². The third-order valence-corrected chi connectivity index (χ3v) is 6.20. The second-order valence-electron chi connectivity index (χ2n) is 8.53. The number of anilines is 1. The number of nitrogens with zero attached hydrogens (tertiary/aromatic N) is 2. The summed E-state index contributed by atoms with van der Waals surface area (Å²) in [5.41, 5.74) is 2.31. The number of methoxy groups -OCH3 is 1. The Labute approximate surface area is 161 Å². The maximum absolute atomic E-state index is 13.8. The minimum absolute atomic E-state index is 0.0452. The van der Waals surface area contributed by atoms with Crippen LogP contribution in [0, 0.1) is 11.7 Å². The molecule has 3 nitrogen and oxygen atoms in total. The summed E-state index contributed by atoms with van der Waals surface area (Å²) < 4.78 is 19.3. The van der Waals surface area contributed by atoms with Crippen LogP contribution in [0.4, 0.5) is 10.1 Å². The van der Waals surface area contributed by atoms with E-state index in [0.29, 0.717) is 12.0 Å². The molecule has 0 aliphatic carbocycles. The van der Waals surface area contributed by atoms with Gasteiger partial charge in [-0.1, -0.05) is 24.3 Å². The van der Waals surface area contributed by atoms with Gasteiger partial charge >= 0.3 is 0 Å². The number of hydrogen-bond donors (Lipinski definition) is 0. The first-order valence-corrected chi connectivity index (χ1v) is 9.87. The molecule has 0 radical (unpaired) electrons. The van der Waals surface area contributed by atoms with Crippen molar-refractivity contribution in [1.82, 2.24) is 4.90 Å². The lowest BCUT2D eigenvalue weighted by Crippen LogP contribution is -2.48. The fourth-order valence-corrected chi connectivity index (χ4v) is 5.21. The van der Waals surface area contributed by atoms with Crippen LogP contribution in [0.15, 0.2) is 48.5 Å². The van der Waals surface area contributed by atoms with Crippen molar-refractivity contribution < 1.29 is 9.13 Å². The molecule has 0 unspecified atom stereocenters. The molecule has 27 heavy (non-hydrogen) atoms. The zero-order chi connectivity index (χ0) is 19.0. The second kappa shape index (κ2) is 7.16. The smallest absolute Gasteiger partial charge is 0.125 e. The summed E-state index contributed by atoms with van der Waals surface area (Å²) in [6.07, 6.45) is 2.25. The predicted octanol–water partition coefficient (Wildman–Crippen LogP) is 4.71. The van der Waals surface area contributed by atoms with Crippen molar-refractivity contribution in [2.75, 3.05) is 25.1 Å². The molecule has 4 heteroatoms. The van der Waals surface area contributed by atoms with Crippen molar-refractivity contribution in [2.45, 2.75) is 44.8 Å². The van der Waals surface area contributed by atoms with Gasteiger partial charge in [0.15, 0.2) is 0 Å². The highest BCUT2D eigenvalue weighted by atomic mass is 19.1. The van der Waals surface area contributed by atoms with Crippen molar-refractivity contribution in [3.63, 3.8) is 0 Å². The topological polar surface area (TPSA) is 15.7 Å². The highest BCUT2D eigenvalue weighted by Crippen LogP contribution is 2.45. The average molecular weight is 368 g/mol. The summed E-state index contributed by atoms with van der Waals surface area (Å²) >= 11 is 0. The Hall–Kier alpha value is -2.07. The van der Waals surface area contributed by atoms with E-state index < -0.39 is 0 Å². The van der Waals surface area contributed by atoms with Gasteiger partial charge in [0.05, 0.1) is 7.11 Å². The minimum Gasteiger partial charge on any atom is -0.496 e. The maximum atomic E-state index is 13.8. The van der Waals surface area contributed by atoms with Crippen LogP contribution in [0.3, 0.4) is 0 Å². The Kier molecular flexibility index (Phi) is 4.85. The van der Waals surface area contributed by atoms with Crippen molar-refractivity contribution in [3.8, 4) is 5.75 Å². The van der Waals surface area contributed by atoms with Gasteiger partial charge in [0.1, 0.15) is 11.6 Å². The quantitative estimate of drug-likeness (QED) is 0.777. The number of para-hydroxylation sites is 1. The number of benzene rings is 2. The van der Waals surface area contributed by atoms with Crippen LogP contribution in [0.1, 0.15) is 32.3 Å². The lowest BCUT2D eigenvalue weighted by Gasteiger charge is -2.42. The van der Waals surface area contributed by atoms with Gasteiger partial charge in [-0.05, 0) is 56.9 Å². The minimum atomic E-state index is -0.152. The summed E-state index contributed by atoms with van der Waals surface area (Å²) in [4.78, 5) is 5.02. The monoisotopic (exact) mass is 368 g/mol. The second-order valence-corrected chi connectivity index (χ2v) is 8.53. The van der Waals surface area contributed by atoms with Gasteiger partial charge in [0.25, 0.3) is 0 Å². The van der Waals surface area contributed by atoms with E-state index in [0.717, 1.165) is 43.9 Å². The Morgan fingerprint density at radius 2 is 1.96 bits per heavy atom. The van der Waals surface area contributed by atoms with E-state index in [2.05, 4.69) is 41.8 Å². The molecule has 0 N–H and O–H groups in total. The first-order chi connectivity index (χ1) is 13.0. The number of halogens is 1. The molecule has 144 valence electrons. The van der Waals surface area contributed by atoms with E-state index in [-0.39, 0.29) is 11.4 Å². The van der Waals surface area contributed by atoms with Gasteiger partial charge < -0.3 is 9.64 Å². The van der Waals surface area contributed by atoms with E-state index in [9.17, 15) is 4.39 Å². The molecule has 2 aliphatic rings. The fourth-order valence-electron chi connectivity index (χ4n) is 5.21. The molecular weight excluding hydrogens is 339 g/mol. The number of hydrogen-bond acceptors (Lipinski definition) is 3. The zero-order valence-corrected chi connectivity index (χ0v) is 16.5. The highest BCUT2D eigenvalue weighted by Gasteiger charge is 2.48. The Morgan fingerprint density at radius 3 is 2.74 bits per heavy atom. The van der Waals surface area contributed by atoms with Gasteiger partial charge in [-0.3, -0.25) is 4.90 Å². The molecule has 2 fully saturated rings. The SMILES string of the molecule is COc1ccccc1CN1CC[C@H]2[C@@H](C1)CC(C)(C)N2c1cccc(F)c1. The summed E-state index contributed by atoms with van der Waals surface area (Å²) in [5.74, 6) is 1.42. The molecule has 0 spiro atoms. The molecule has 2 aromatic rings. The van der Waals surface area contributed by atoms with Crippen molar-refractivity contribution >= 4 is 5.69 Å². The Balaban J connectivity index is 1.51. The molecule has 4 rings (SSSR count). The molecule has 2 saturated heterocycles. The fraction of sp³-hybridized carbons (Fsp3) is 0.478. The van der Waals surface area contributed by atoms with E-state index in [4.69, 9.17) is 4.74 Å². The third kappa shape index (κ3) is 3.55. The van der Waals surface area contributed by atoms with Crippen LogP contribution in [0.5, 0.6) is 5.75 Å². The summed E-state index contributed by atoms with van der Waals surface area (Å²) in [5, 5.41) is 0. The lowest BCUT2D eigenvalue weighted by molar-refractivity contribution is 0.159. The molecule has 0 bridgehead atoms. The molecule has 2 aromatic carbocycles. The molecule has 2 heterocycles. The van der Waals surface area contributed by atoms with Crippen molar-refractivity contribution in [2.24, 2.45) is 5.92 Å². The van der Waals surface area contributed by atoms with E-state index in [1.807, 2.05) is 18.2 Å². The molecule has 2 aliphatic heterocycles. The third-order valence-electron chi connectivity index (χ3n) is 6.20. The van der Waals surface area contributed by atoms with Gasteiger partial charge in [0, 0.05) is 42.5 Å². The standard InChI is InChI=1S/C23H29FN2O/c1-23(2)14-18-16-25(15-17-7-4-5-10-22(17)27-3)12-11-21(18)26(23)20-9-6-8-19(24)13-20/h4-10,13,18,21H,11-12,14-16H2,1-3H3/t18-,21+/m1/s1. The van der Waals surface area contributed by atoms with Crippen LogP contribution >= 0.6 is 0 Å². The summed E-state index contributed by atoms with van der Waals surface area (Å²) in [6.45, 7) is 7.65. The molecule has 2 atom stereocenters. The number of piperidine rings is 1. The van der Waals surface area contributed by atoms with Crippen LogP contribution in [-0.2, 0) is 6.54 Å². The largest absolute Gasteiger partial charge is 0.496 e. The van der Waals surface area contributed by atoms with E-state index in [1.54, 1.807) is 13.2 Å². The number of likely N-dealkylation sites (tertiary alicyclic amines) is 1. The van der Waals surface area contributed by atoms with Gasteiger partial charge in [0.2, 0.25) is 0 Å². The highest BCUT2D eigenvalue weighted by molar-refractivity contribution is 5.52. The molecule has 0 saturated carbocycles. The first kappa shape index (κ1) is 18.3. The maximum Gasteiger partial charge on any atom is 0.125 e. The number of fused-ring (bicyclic) bond motifs is 1. The molecule has 0 amide bonds.